The van der Waals surface area contributed by atoms with E-state index in [0.29, 0.717) is 13.0 Å². The van der Waals surface area contributed by atoms with Gasteiger partial charge in [-0.2, -0.15) is 0 Å². The molecule has 0 fully saturated rings. The first-order chi connectivity index (χ1) is 9.04. The largest absolute Gasteiger partial charge is 0.453 e. The second kappa shape index (κ2) is 5.17. The average Bonchev–Trinajstić information content (AvgIpc) is 2.63. The summed E-state index contributed by atoms with van der Waals surface area (Å²) >= 11 is 0. The predicted molar refractivity (Wildman–Crippen MR) is 72.3 cm³/mol. The van der Waals surface area contributed by atoms with Crippen molar-refractivity contribution in [1.29, 1.82) is 0 Å². The third-order valence-corrected chi connectivity index (χ3v) is 3.20. The first kappa shape index (κ1) is 13.2. The molecule has 0 aliphatic carbocycles. The molecule has 1 aromatic carbocycles. The molecule has 1 heterocycles. The van der Waals surface area contributed by atoms with Crippen molar-refractivity contribution in [3.8, 4) is 0 Å². The molecule has 1 amide bonds. The van der Waals surface area contributed by atoms with Crippen LogP contribution >= 0.6 is 0 Å². The van der Waals surface area contributed by atoms with Crippen molar-refractivity contribution in [2.45, 2.75) is 6.42 Å². The fourth-order valence-electron chi connectivity index (χ4n) is 2.09. The molecule has 0 atom stereocenters. The number of carbonyl (C=O) groups excluding carboxylic acids is 1. The topological polar surface area (TPSA) is 65.3 Å². The Labute approximate surface area is 110 Å². The van der Waals surface area contributed by atoms with Crippen LogP contribution in [0.4, 0.5) is 4.79 Å². The summed E-state index contributed by atoms with van der Waals surface area (Å²) in [4.78, 5) is 22.7. The number of amides is 1. The molecule has 0 spiro atoms. The van der Waals surface area contributed by atoms with Gasteiger partial charge in [0.2, 0.25) is 0 Å². The van der Waals surface area contributed by atoms with Gasteiger partial charge in [0.05, 0.1) is 18.1 Å². The van der Waals surface area contributed by atoms with Gasteiger partial charge in [-0.1, -0.05) is 6.07 Å². The van der Waals surface area contributed by atoms with E-state index in [-0.39, 0.29) is 5.69 Å². The molecule has 0 bridgehead atoms. The van der Waals surface area contributed by atoms with Gasteiger partial charge in [0.15, 0.2) is 0 Å². The number of ether oxygens (including phenoxy) is 1. The molecule has 0 radical (unpaired) electrons. The van der Waals surface area contributed by atoms with E-state index in [9.17, 15) is 9.59 Å². The number of hydrogen-bond acceptors (Lipinski definition) is 3. The standard InChI is InChI=1S/C13H17N3O3/c1-15-10-5-4-9(6-7-14-12(17)19-3)8-11(10)16(2)13(15)18/h4-5,8H,6-7H2,1-3H3,(H,14,17). The first-order valence-corrected chi connectivity index (χ1v) is 6.00. The highest BCUT2D eigenvalue weighted by Crippen LogP contribution is 2.14. The van der Waals surface area contributed by atoms with Crippen molar-refractivity contribution in [3.63, 3.8) is 0 Å². The molecule has 0 saturated heterocycles. The number of methoxy groups -OCH3 is 1. The zero-order valence-corrected chi connectivity index (χ0v) is 11.3. The van der Waals surface area contributed by atoms with Crippen LogP contribution in [0.25, 0.3) is 11.0 Å². The van der Waals surface area contributed by atoms with E-state index in [2.05, 4.69) is 10.1 Å². The van der Waals surface area contributed by atoms with Crippen molar-refractivity contribution >= 4 is 17.1 Å². The van der Waals surface area contributed by atoms with Crippen LogP contribution in [0.15, 0.2) is 23.0 Å². The molecule has 0 saturated carbocycles. The fourth-order valence-corrected chi connectivity index (χ4v) is 2.09. The van der Waals surface area contributed by atoms with Gasteiger partial charge in [0.25, 0.3) is 0 Å². The minimum absolute atomic E-state index is 0.0418. The summed E-state index contributed by atoms with van der Waals surface area (Å²) in [6.45, 7) is 0.499. The van der Waals surface area contributed by atoms with Gasteiger partial charge in [0, 0.05) is 20.6 Å². The Morgan fingerprint density at radius 3 is 2.63 bits per heavy atom. The van der Waals surface area contributed by atoms with Gasteiger partial charge >= 0.3 is 11.8 Å². The van der Waals surface area contributed by atoms with Crippen LogP contribution in [0.5, 0.6) is 0 Å². The molecule has 0 aliphatic rings. The van der Waals surface area contributed by atoms with Gasteiger partial charge in [0.1, 0.15) is 0 Å². The zero-order valence-electron chi connectivity index (χ0n) is 11.3. The average molecular weight is 263 g/mol. The minimum Gasteiger partial charge on any atom is -0.453 e. The van der Waals surface area contributed by atoms with E-state index in [1.54, 1.807) is 23.2 Å². The van der Waals surface area contributed by atoms with Crippen LogP contribution in [0.1, 0.15) is 5.56 Å². The number of benzene rings is 1. The van der Waals surface area contributed by atoms with Crippen LogP contribution < -0.4 is 11.0 Å². The Morgan fingerprint density at radius 2 is 1.95 bits per heavy atom. The normalized spacial score (nSPS) is 10.7. The number of nitrogens with one attached hydrogen (secondary N) is 1. The molecule has 0 unspecified atom stereocenters. The summed E-state index contributed by atoms with van der Waals surface area (Å²) in [6.07, 6.45) is 0.252. The van der Waals surface area contributed by atoms with Crippen LogP contribution in [0.2, 0.25) is 0 Å². The quantitative estimate of drug-likeness (QED) is 0.889. The molecule has 102 valence electrons. The van der Waals surface area contributed by atoms with Crippen molar-refractivity contribution in [3.05, 3.63) is 34.2 Å². The van der Waals surface area contributed by atoms with Gasteiger partial charge in [-0.25, -0.2) is 9.59 Å². The van der Waals surface area contributed by atoms with E-state index in [1.807, 2.05) is 18.2 Å². The van der Waals surface area contributed by atoms with Crippen molar-refractivity contribution in [2.24, 2.45) is 14.1 Å². The van der Waals surface area contributed by atoms with Crippen LogP contribution in [0, 0.1) is 0 Å². The molecule has 1 aromatic heterocycles. The number of aromatic nitrogens is 2. The Kier molecular flexibility index (Phi) is 3.59. The van der Waals surface area contributed by atoms with Crippen LogP contribution in [-0.4, -0.2) is 28.9 Å². The third-order valence-electron chi connectivity index (χ3n) is 3.20. The lowest BCUT2D eigenvalue weighted by molar-refractivity contribution is 0.171. The minimum atomic E-state index is -0.437. The predicted octanol–water partition coefficient (Wildman–Crippen LogP) is 0.775. The number of nitrogens with zero attached hydrogens (tertiary/aromatic N) is 2. The zero-order chi connectivity index (χ0) is 14.0. The lowest BCUT2D eigenvalue weighted by atomic mass is 10.1. The number of hydrogen-bond donors (Lipinski definition) is 1. The third kappa shape index (κ3) is 2.47. The first-order valence-electron chi connectivity index (χ1n) is 6.00. The molecule has 1 N–H and O–H groups in total. The molecular weight excluding hydrogens is 246 g/mol. The molecule has 2 rings (SSSR count). The summed E-state index contributed by atoms with van der Waals surface area (Å²) in [5, 5.41) is 2.63. The lowest BCUT2D eigenvalue weighted by Gasteiger charge is -2.04. The van der Waals surface area contributed by atoms with Crippen molar-refractivity contribution in [2.75, 3.05) is 13.7 Å². The summed E-state index contributed by atoms with van der Waals surface area (Å²) in [5.74, 6) is 0. The summed E-state index contributed by atoms with van der Waals surface area (Å²) in [6, 6.07) is 5.85. The highest BCUT2D eigenvalue weighted by atomic mass is 16.5. The Hall–Kier alpha value is -2.24. The SMILES string of the molecule is COC(=O)NCCc1ccc2c(c1)n(C)c(=O)n2C. The number of carbonyl (C=O) groups is 1. The Bertz CT molecular complexity index is 670. The second-order valence-corrected chi connectivity index (χ2v) is 4.39. The maximum absolute atomic E-state index is 11.8. The van der Waals surface area contributed by atoms with Crippen molar-refractivity contribution < 1.29 is 9.53 Å². The van der Waals surface area contributed by atoms with Crippen LogP contribution in [-0.2, 0) is 25.3 Å². The lowest BCUT2D eigenvalue weighted by Crippen LogP contribution is -2.25. The monoisotopic (exact) mass is 263 g/mol. The van der Waals surface area contributed by atoms with Gasteiger partial charge in [-0.15, -0.1) is 0 Å². The number of rotatable bonds is 3. The van der Waals surface area contributed by atoms with Crippen LogP contribution in [0.3, 0.4) is 0 Å². The van der Waals surface area contributed by atoms with E-state index in [1.165, 1.54) is 7.11 Å². The Morgan fingerprint density at radius 1 is 1.26 bits per heavy atom. The summed E-state index contributed by atoms with van der Waals surface area (Å²) in [5.41, 5.74) is 2.81. The number of imidazole rings is 1. The Balaban J connectivity index is 2.20. The highest BCUT2D eigenvalue weighted by Gasteiger charge is 2.08. The highest BCUT2D eigenvalue weighted by molar-refractivity contribution is 5.76. The van der Waals surface area contributed by atoms with E-state index in [4.69, 9.17) is 0 Å². The molecular formula is C13H17N3O3. The van der Waals surface area contributed by atoms with Gasteiger partial charge in [-0.3, -0.25) is 9.13 Å². The fraction of sp³-hybridized carbons (Fsp3) is 0.385. The van der Waals surface area contributed by atoms with E-state index in [0.717, 1.165) is 16.6 Å². The van der Waals surface area contributed by atoms with E-state index < -0.39 is 6.09 Å². The molecule has 0 aliphatic heterocycles. The summed E-state index contributed by atoms with van der Waals surface area (Å²) < 4.78 is 7.73. The molecule has 2 aromatic rings. The maximum atomic E-state index is 11.8. The maximum Gasteiger partial charge on any atom is 0.406 e. The molecule has 6 nitrogen and oxygen atoms in total. The number of fused-ring (bicyclic) bond motifs is 1. The smallest absolute Gasteiger partial charge is 0.406 e. The van der Waals surface area contributed by atoms with E-state index >= 15 is 0 Å². The second-order valence-electron chi connectivity index (χ2n) is 4.39. The number of aryl methyl sites for hydroxylation is 2. The molecule has 19 heavy (non-hydrogen) atoms. The molecule has 6 heteroatoms. The van der Waals surface area contributed by atoms with Gasteiger partial charge in [-0.05, 0) is 24.1 Å². The summed E-state index contributed by atoms with van der Waals surface area (Å²) in [7, 11) is 4.84. The van der Waals surface area contributed by atoms with Crippen molar-refractivity contribution in [1.82, 2.24) is 14.5 Å². The number of alkyl carbamates (subject to hydrolysis) is 1. The van der Waals surface area contributed by atoms with Gasteiger partial charge < -0.3 is 10.1 Å².